The maximum atomic E-state index is 13.9. The molecule has 1 unspecified atom stereocenters. The van der Waals surface area contributed by atoms with Gasteiger partial charge in [0.25, 0.3) is 0 Å². The molecule has 7 heteroatoms. The Morgan fingerprint density at radius 1 is 1.07 bits per heavy atom. The van der Waals surface area contributed by atoms with E-state index < -0.39 is 17.9 Å². The van der Waals surface area contributed by atoms with Crippen molar-refractivity contribution in [1.82, 2.24) is 10.2 Å². The van der Waals surface area contributed by atoms with Gasteiger partial charge in [0, 0.05) is 35.1 Å². The van der Waals surface area contributed by atoms with Crippen molar-refractivity contribution in [3.8, 4) is 0 Å². The van der Waals surface area contributed by atoms with E-state index in [0.717, 1.165) is 17.3 Å². The average Bonchev–Trinajstić information content (AvgIpc) is 2.69. The SMILES string of the molecule is C=C(NC1=NC(c2ccccc2C(F)(F)F)N(C)C(C)=C1C)c1cccc(F)c1C. The minimum absolute atomic E-state index is 0.0613. The maximum Gasteiger partial charge on any atom is 0.416 e. The highest BCUT2D eigenvalue weighted by molar-refractivity contribution is 6.03. The van der Waals surface area contributed by atoms with Crippen LogP contribution < -0.4 is 5.32 Å². The van der Waals surface area contributed by atoms with E-state index in [-0.39, 0.29) is 11.4 Å². The number of aliphatic imine (C=N–C) groups is 1. The molecule has 1 aliphatic rings. The van der Waals surface area contributed by atoms with E-state index in [4.69, 9.17) is 0 Å². The van der Waals surface area contributed by atoms with Crippen molar-refractivity contribution in [2.24, 2.45) is 4.99 Å². The highest BCUT2D eigenvalue weighted by Crippen LogP contribution is 2.39. The van der Waals surface area contributed by atoms with Crippen LogP contribution in [0.25, 0.3) is 5.70 Å². The summed E-state index contributed by atoms with van der Waals surface area (Å²) in [4.78, 5) is 6.28. The fourth-order valence-electron chi connectivity index (χ4n) is 3.45. The van der Waals surface area contributed by atoms with Crippen molar-refractivity contribution in [3.05, 3.63) is 88.4 Å². The molecule has 0 bridgehead atoms. The zero-order valence-electron chi connectivity index (χ0n) is 17.2. The lowest BCUT2D eigenvalue weighted by atomic mass is 10.0. The standard InChI is InChI=1S/C23H23F4N3/c1-13-16(4)30(5)22(18-9-6-7-11-19(18)23(25,26)27)29-21(13)28-15(3)17-10-8-12-20(24)14(17)2/h6-12,22H,3H2,1-2,4-5H3,(H,28,29). The number of allylic oxidation sites excluding steroid dienone is 1. The monoisotopic (exact) mass is 417 g/mol. The van der Waals surface area contributed by atoms with E-state index in [1.54, 1.807) is 37.1 Å². The smallest absolute Gasteiger partial charge is 0.352 e. The van der Waals surface area contributed by atoms with Gasteiger partial charge in [0.2, 0.25) is 0 Å². The normalized spacial score (nSPS) is 17.1. The first kappa shape index (κ1) is 21.6. The van der Waals surface area contributed by atoms with E-state index in [1.807, 2.05) is 13.8 Å². The summed E-state index contributed by atoms with van der Waals surface area (Å²) in [5, 5.41) is 3.08. The molecule has 1 aliphatic heterocycles. The first-order valence-corrected chi connectivity index (χ1v) is 9.38. The second-order valence-corrected chi connectivity index (χ2v) is 7.27. The molecule has 1 atom stereocenters. The average molecular weight is 417 g/mol. The summed E-state index contributed by atoms with van der Waals surface area (Å²) >= 11 is 0. The van der Waals surface area contributed by atoms with Gasteiger partial charge in [-0.05, 0) is 38.5 Å². The van der Waals surface area contributed by atoms with Crippen molar-refractivity contribution in [2.45, 2.75) is 33.1 Å². The molecule has 0 saturated heterocycles. The Morgan fingerprint density at radius 3 is 2.40 bits per heavy atom. The minimum Gasteiger partial charge on any atom is -0.352 e. The third kappa shape index (κ3) is 3.97. The van der Waals surface area contributed by atoms with E-state index in [0.29, 0.717) is 22.7 Å². The van der Waals surface area contributed by atoms with Crippen LogP contribution in [-0.2, 0) is 6.18 Å². The topological polar surface area (TPSA) is 27.6 Å². The zero-order valence-corrected chi connectivity index (χ0v) is 17.2. The number of hydrogen-bond donors (Lipinski definition) is 1. The highest BCUT2D eigenvalue weighted by atomic mass is 19.4. The third-order valence-electron chi connectivity index (χ3n) is 5.45. The number of nitrogens with one attached hydrogen (secondary N) is 1. The third-order valence-corrected chi connectivity index (χ3v) is 5.45. The van der Waals surface area contributed by atoms with Gasteiger partial charge in [0.15, 0.2) is 0 Å². The van der Waals surface area contributed by atoms with Gasteiger partial charge in [-0.25, -0.2) is 9.38 Å². The van der Waals surface area contributed by atoms with Crippen molar-refractivity contribution in [1.29, 1.82) is 0 Å². The van der Waals surface area contributed by atoms with Crippen LogP contribution in [0.3, 0.4) is 0 Å². The number of halogens is 4. The number of amidine groups is 1. The molecule has 0 spiro atoms. The molecule has 3 rings (SSSR count). The molecule has 2 aromatic rings. The summed E-state index contributed by atoms with van der Waals surface area (Å²) in [6.07, 6.45) is -5.36. The lowest BCUT2D eigenvalue weighted by Gasteiger charge is -2.35. The Balaban J connectivity index is 2.03. The number of alkyl halides is 3. The van der Waals surface area contributed by atoms with Crippen LogP contribution in [0, 0.1) is 12.7 Å². The van der Waals surface area contributed by atoms with Crippen LogP contribution >= 0.6 is 0 Å². The van der Waals surface area contributed by atoms with Gasteiger partial charge in [-0.2, -0.15) is 13.2 Å². The first-order chi connectivity index (χ1) is 14.0. The Morgan fingerprint density at radius 2 is 1.73 bits per heavy atom. The molecule has 3 nitrogen and oxygen atoms in total. The summed E-state index contributed by atoms with van der Waals surface area (Å²) < 4.78 is 54.6. The highest BCUT2D eigenvalue weighted by Gasteiger charge is 2.37. The molecule has 1 N–H and O–H groups in total. The van der Waals surface area contributed by atoms with E-state index in [9.17, 15) is 17.6 Å². The van der Waals surface area contributed by atoms with Crippen LogP contribution in [0.5, 0.6) is 0 Å². The number of hydrogen-bond acceptors (Lipinski definition) is 3. The van der Waals surface area contributed by atoms with Gasteiger partial charge < -0.3 is 10.2 Å². The number of rotatable bonds is 3. The molecule has 158 valence electrons. The quantitative estimate of drug-likeness (QED) is 0.616. The largest absolute Gasteiger partial charge is 0.416 e. The molecule has 0 fully saturated rings. The number of benzene rings is 2. The second-order valence-electron chi connectivity index (χ2n) is 7.27. The number of nitrogens with zero attached hydrogens (tertiary/aromatic N) is 2. The van der Waals surface area contributed by atoms with Crippen molar-refractivity contribution in [2.75, 3.05) is 7.05 Å². The van der Waals surface area contributed by atoms with E-state index >= 15 is 0 Å². The summed E-state index contributed by atoms with van der Waals surface area (Å²) in [5.74, 6) is 0.0439. The Kier molecular flexibility index (Phi) is 5.74. The zero-order chi connectivity index (χ0) is 22.2. The van der Waals surface area contributed by atoms with Crippen LogP contribution in [-0.4, -0.2) is 17.8 Å². The summed E-state index contributed by atoms with van der Waals surface area (Å²) in [5.41, 5.74) is 2.32. The summed E-state index contributed by atoms with van der Waals surface area (Å²) in [7, 11) is 1.71. The molecule has 30 heavy (non-hydrogen) atoms. The van der Waals surface area contributed by atoms with Crippen LogP contribution in [0.4, 0.5) is 17.6 Å². The first-order valence-electron chi connectivity index (χ1n) is 9.38. The lowest BCUT2D eigenvalue weighted by Crippen LogP contribution is -2.35. The van der Waals surface area contributed by atoms with Gasteiger partial charge in [0.05, 0.1) is 5.56 Å². The summed E-state index contributed by atoms with van der Waals surface area (Å²) in [6, 6.07) is 10.1. The van der Waals surface area contributed by atoms with Gasteiger partial charge in [-0.15, -0.1) is 0 Å². The molecule has 2 aromatic carbocycles. The molecule has 0 radical (unpaired) electrons. The van der Waals surface area contributed by atoms with Crippen molar-refractivity contribution < 1.29 is 17.6 Å². The molecule has 0 aliphatic carbocycles. The van der Waals surface area contributed by atoms with Gasteiger partial charge in [-0.1, -0.05) is 36.9 Å². The van der Waals surface area contributed by atoms with Gasteiger partial charge in [-0.3, -0.25) is 0 Å². The molecule has 1 heterocycles. The Labute approximate surface area is 173 Å². The van der Waals surface area contributed by atoms with Crippen LogP contribution in [0.15, 0.2) is 65.3 Å². The lowest BCUT2D eigenvalue weighted by molar-refractivity contribution is -0.138. The molecule has 0 saturated carbocycles. The van der Waals surface area contributed by atoms with Crippen LogP contribution in [0.1, 0.15) is 42.3 Å². The van der Waals surface area contributed by atoms with Gasteiger partial charge >= 0.3 is 6.18 Å². The second kappa shape index (κ2) is 7.97. The summed E-state index contributed by atoms with van der Waals surface area (Å²) in [6.45, 7) is 9.28. The minimum atomic E-state index is -4.49. The van der Waals surface area contributed by atoms with E-state index in [2.05, 4.69) is 16.9 Å². The predicted molar refractivity (Wildman–Crippen MR) is 111 cm³/mol. The maximum absolute atomic E-state index is 13.9. The van der Waals surface area contributed by atoms with Gasteiger partial charge in [0.1, 0.15) is 17.8 Å². The fraction of sp³-hybridized carbons (Fsp3) is 0.261. The van der Waals surface area contributed by atoms with E-state index in [1.165, 1.54) is 18.2 Å². The molecular formula is C23H23F4N3. The molecular weight excluding hydrogens is 394 g/mol. The van der Waals surface area contributed by atoms with Crippen LogP contribution in [0.2, 0.25) is 0 Å². The fourth-order valence-corrected chi connectivity index (χ4v) is 3.45. The molecule has 0 aromatic heterocycles. The van der Waals surface area contributed by atoms with Crippen molar-refractivity contribution in [3.63, 3.8) is 0 Å². The predicted octanol–water partition coefficient (Wildman–Crippen LogP) is 6.05. The molecule has 0 amide bonds. The van der Waals surface area contributed by atoms with Crippen molar-refractivity contribution >= 4 is 11.5 Å². The Hall–Kier alpha value is -3.09. The Bertz CT molecular complexity index is 1050.